The van der Waals surface area contributed by atoms with E-state index in [9.17, 15) is 13.2 Å². The molecule has 184 valence electrons. The molecule has 0 bridgehead atoms. The number of carbonyl (C=O) groups excluding carboxylic acids is 1. The fourth-order valence-electron chi connectivity index (χ4n) is 3.73. The molecular formula is C25H21ClN4O4S2. The Labute approximate surface area is 217 Å². The second kappa shape index (κ2) is 9.53. The molecule has 0 aliphatic carbocycles. The van der Waals surface area contributed by atoms with Crippen molar-refractivity contribution in [3.63, 3.8) is 0 Å². The van der Waals surface area contributed by atoms with Crippen molar-refractivity contribution in [3.05, 3.63) is 82.9 Å². The predicted molar refractivity (Wildman–Crippen MR) is 140 cm³/mol. The molecule has 0 fully saturated rings. The van der Waals surface area contributed by atoms with Crippen molar-refractivity contribution in [2.24, 2.45) is 0 Å². The first-order valence-electron chi connectivity index (χ1n) is 11.0. The van der Waals surface area contributed by atoms with Gasteiger partial charge in [0.15, 0.2) is 6.10 Å². The minimum Gasteiger partial charge on any atom is -0.476 e. The van der Waals surface area contributed by atoms with Gasteiger partial charge in [-0.1, -0.05) is 58.8 Å². The first-order chi connectivity index (χ1) is 17.2. The van der Waals surface area contributed by atoms with Gasteiger partial charge in [-0.25, -0.2) is 8.42 Å². The zero-order valence-electron chi connectivity index (χ0n) is 19.3. The predicted octanol–water partition coefficient (Wildman–Crippen LogP) is 5.07. The van der Waals surface area contributed by atoms with Crippen molar-refractivity contribution in [1.29, 1.82) is 0 Å². The first kappa shape index (κ1) is 24.2. The van der Waals surface area contributed by atoms with Gasteiger partial charge in [-0.15, -0.1) is 10.2 Å². The SMILES string of the molecule is Cc1ccc(S(=O)(=O)N2C[C@H](C(=O)Nc3nnc(-c4ccc(Cl)cc4)s3)Oc3cc(C)ccc32)cc1. The highest BCUT2D eigenvalue weighted by atomic mass is 35.5. The Kier molecular flexibility index (Phi) is 6.42. The number of hydrogen-bond acceptors (Lipinski definition) is 7. The molecule has 8 nitrogen and oxygen atoms in total. The highest BCUT2D eigenvalue weighted by Gasteiger charge is 2.38. The Morgan fingerprint density at radius 3 is 2.44 bits per heavy atom. The lowest BCUT2D eigenvalue weighted by Crippen LogP contribution is -2.48. The summed E-state index contributed by atoms with van der Waals surface area (Å²) >= 11 is 7.14. The van der Waals surface area contributed by atoms with Crippen molar-refractivity contribution in [1.82, 2.24) is 10.2 Å². The Hall–Kier alpha value is -3.47. The molecule has 11 heteroatoms. The summed E-state index contributed by atoms with van der Waals surface area (Å²) in [6.07, 6.45) is -1.09. The number of aryl methyl sites for hydroxylation is 2. The zero-order chi connectivity index (χ0) is 25.4. The Morgan fingerprint density at radius 2 is 1.72 bits per heavy atom. The van der Waals surface area contributed by atoms with E-state index in [4.69, 9.17) is 16.3 Å². The van der Waals surface area contributed by atoms with E-state index in [2.05, 4.69) is 15.5 Å². The lowest BCUT2D eigenvalue weighted by molar-refractivity contribution is -0.122. The fourth-order valence-corrected chi connectivity index (χ4v) is 6.09. The minimum absolute atomic E-state index is 0.136. The molecule has 3 aromatic carbocycles. The fraction of sp³-hybridized carbons (Fsp3) is 0.160. The van der Waals surface area contributed by atoms with Crippen LogP contribution in [-0.4, -0.2) is 37.2 Å². The van der Waals surface area contributed by atoms with Crippen LogP contribution in [0.4, 0.5) is 10.8 Å². The van der Waals surface area contributed by atoms with Gasteiger partial charge in [-0.2, -0.15) is 0 Å². The number of sulfonamides is 1. The molecule has 0 saturated carbocycles. The maximum Gasteiger partial charge on any atom is 0.269 e. The lowest BCUT2D eigenvalue weighted by atomic mass is 10.1. The van der Waals surface area contributed by atoms with Crippen molar-refractivity contribution < 1.29 is 17.9 Å². The van der Waals surface area contributed by atoms with Crippen LogP contribution >= 0.6 is 22.9 Å². The maximum atomic E-state index is 13.6. The van der Waals surface area contributed by atoms with Gasteiger partial charge in [0.05, 0.1) is 17.1 Å². The lowest BCUT2D eigenvalue weighted by Gasteiger charge is -2.34. The first-order valence-corrected chi connectivity index (χ1v) is 13.6. The van der Waals surface area contributed by atoms with E-state index in [0.29, 0.717) is 21.5 Å². The Bertz CT molecular complexity index is 1540. The molecule has 1 atom stereocenters. The number of hydrogen-bond donors (Lipinski definition) is 1. The van der Waals surface area contributed by atoms with Crippen LogP contribution in [0.15, 0.2) is 71.6 Å². The van der Waals surface area contributed by atoms with Crippen molar-refractivity contribution in [3.8, 4) is 16.3 Å². The number of aromatic nitrogens is 2. The van der Waals surface area contributed by atoms with Crippen LogP contribution in [0.2, 0.25) is 5.02 Å². The third-order valence-electron chi connectivity index (χ3n) is 5.63. The molecular weight excluding hydrogens is 520 g/mol. The normalized spacial score (nSPS) is 15.2. The standard InChI is InChI=1S/C25H21ClN4O4S2/c1-15-3-10-19(11-4-15)36(32,33)30-14-22(34-21-13-16(2)5-12-20(21)30)23(31)27-25-29-28-24(35-25)17-6-8-18(26)9-7-17/h3-13,22H,14H2,1-2H3,(H,27,29,31)/t22-/m1/s1. The molecule has 1 aromatic heterocycles. The van der Waals surface area contributed by atoms with Crippen LogP contribution < -0.4 is 14.4 Å². The van der Waals surface area contributed by atoms with Crippen LogP contribution in [0.3, 0.4) is 0 Å². The Balaban J connectivity index is 1.42. The van der Waals surface area contributed by atoms with Gasteiger partial charge in [-0.3, -0.25) is 14.4 Å². The summed E-state index contributed by atoms with van der Waals surface area (Å²) in [6, 6.07) is 18.9. The number of amides is 1. The number of benzene rings is 3. The number of fused-ring (bicyclic) bond motifs is 1. The van der Waals surface area contributed by atoms with Gasteiger partial charge in [0.25, 0.3) is 15.9 Å². The number of nitrogens with one attached hydrogen (secondary N) is 1. The number of anilines is 2. The molecule has 1 amide bonds. The van der Waals surface area contributed by atoms with Crippen LogP contribution in [0.25, 0.3) is 10.6 Å². The molecule has 2 heterocycles. The largest absolute Gasteiger partial charge is 0.476 e. The number of nitrogens with zero attached hydrogens (tertiary/aromatic N) is 3. The topological polar surface area (TPSA) is 101 Å². The van der Waals surface area contributed by atoms with Gasteiger partial charge in [0.1, 0.15) is 10.8 Å². The number of carbonyl (C=O) groups is 1. The maximum absolute atomic E-state index is 13.6. The van der Waals surface area contributed by atoms with Crippen LogP contribution in [0, 0.1) is 13.8 Å². The van der Waals surface area contributed by atoms with E-state index in [0.717, 1.165) is 16.7 Å². The summed E-state index contributed by atoms with van der Waals surface area (Å²) in [5, 5.41) is 12.4. The van der Waals surface area contributed by atoms with Gasteiger partial charge in [0.2, 0.25) is 5.13 Å². The van der Waals surface area contributed by atoms with E-state index >= 15 is 0 Å². The zero-order valence-corrected chi connectivity index (χ0v) is 21.7. The molecule has 36 heavy (non-hydrogen) atoms. The molecule has 0 saturated heterocycles. The summed E-state index contributed by atoms with van der Waals surface area (Å²) < 4.78 is 34.3. The van der Waals surface area contributed by atoms with E-state index in [1.165, 1.54) is 15.6 Å². The molecule has 5 rings (SSSR count). The second-order valence-corrected chi connectivity index (χ2v) is 11.6. The second-order valence-electron chi connectivity index (χ2n) is 8.34. The smallest absolute Gasteiger partial charge is 0.269 e. The number of halogens is 1. The number of rotatable bonds is 5. The van der Waals surface area contributed by atoms with E-state index in [1.54, 1.807) is 54.6 Å². The van der Waals surface area contributed by atoms with Gasteiger partial charge >= 0.3 is 0 Å². The van der Waals surface area contributed by atoms with Crippen LogP contribution in [0.1, 0.15) is 11.1 Å². The average molecular weight is 541 g/mol. The summed E-state index contributed by atoms with van der Waals surface area (Å²) in [6.45, 7) is 3.56. The molecule has 1 aliphatic rings. The molecule has 4 aromatic rings. The molecule has 0 spiro atoms. The summed E-state index contributed by atoms with van der Waals surface area (Å²) in [5.41, 5.74) is 3.01. The van der Waals surface area contributed by atoms with Crippen LogP contribution in [0.5, 0.6) is 5.75 Å². The van der Waals surface area contributed by atoms with E-state index in [1.807, 2.05) is 26.0 Å². The van der Waals surface area contributed by atoms with Crippen molar-refractivity contribution >= 4 is 49.7 Å². The molecule has 0 radical (unpaired) electrons. The summed E-state index contributed by atoms with van der Waals surface area (Å²) in [4.78, 5) is 13.3. The minimum atomic E-state index is -3.94. The summed E-state index contributed by atoms with van der Waals surface area (Å²) in [5.74, 6) is -0.207. The van der Waals surface area contributed by atoms with Gasteiger partial charge in [-0.05, 0) is 55.8 Å². The quantitative estimate of drug-likeness (QED) is 0.379. The average Bonchev–Trinajstić information content (AvgIpc) is 3.32. The third kappa shape index (κ3) is 4.79. The highest BCUT2D eigenvalue weighted by molar-refractivity contribution is 7.92. The van der Waals surface area contributed by atoms with E-state index in [-0.39, 0.29) is 16.6 Å². The van der Waals surface area contributed by atoms with Gasteiger partial charge < -0.3 is 4.74 Å². The van der Waals surface area contributed by atoms with Gasteiger partial charge in [0, 0.05) is 10.6 Å². The highest BCUT2D eigenvalue weighted by Crippen LogP contribution is 2.38. The van der Waals surface area contributed by atoms with Crippen molar-refractivity contribution in [2.75, 3.05) is 16.2 Å². The molecule has 1 N–H and O–H groups in total. The van der Waals surface area contributed by atoms with Crippen LogP contribution in [-0.2, 0) is 14.8 Å². The van der Waals surface area contributed by atoms with E-state index < -0.39 is 22.0 Å². The molecule has 1 aliphatic heterocycles. The number of ether oxygens (including phenoxy) is 1. The van der Waals surface area contributed by atoms with Crippen molar-refractivity contribution in [2.45, 2.75) is 24.8 Å². The monoisotopic (exact) mass is 540 g/mol. The Morgan fingerprint density at radius 1 is 1.03 bits per heavy atom. The molecule has 0 unspecified atom stereocenters. The third-order valence-corrected chi connectivity index (χ3v) is 8.57. The summed E-state index contributed by atoms with van der Waals surface area (Å²) in [7, 11) is -3.94.